The van der Waals surface area contributed by atoms with Gasteiger partial charge in [0.1, 0.15) is 11.6 Å². The summed E-state index contributed by atoms with van der Waals surface area (Å²) in [5.41, 5.74) is 1.93. The molecule has 2 aromatic heterocycles. The highest BCUT2D eigenvalue weighted by Crippen LogP contribution is 2.28. The van der Waals surface area contributed by atoms with E-state index in [4.69, 9.17) is 16.3 Å². The fraction of sp³-hybridized carbons (Fsp3) is 0.263. The van der Waals surface area contributed by atoms with Crippen LogP contribution in [-0.4, -0.2) is 36.3 Å². The molecule has 1 aromatic carbocycles. The van der Waals surface area contributed by atoms with Gasteiger partial charge >= 0.3 is 0 Å². The Kier molecular flexibility index (Phi) is 5.24. The molecule has 1 fully saturated rings. The molecule has 3 heterocycles. The monoisotopic (exact) mass is 432 g/mol. The molecule has 5 nitrogen and oxygen atoms in total. The molecule has 1 aliphatic rings. The molecular weight excluding hydrogens is 416 g/mol. The van der Waals surface area contributed by atoms with Gasteiger partial charge in [-0.3, -0.25) is 0 Å². The van der Waals surface area contributed by atoms with Crippen molar-refractivity contribution in [1.82, 2.24) is 9.97 Å². The van der Waals surface area contributed by atoms with Gasteiger partial charge in [-0.2, -0.15) is 0 Å². The molecule has 26 heavy (non-hydrogen) atoms. The number of pyridine rings is 2. The summed E-state index contributed by atoms with van der Waals surface area (Å²) in [7, 11) is 0. The van der Waals surface area contributed by atoms with Crippen molar-refractivity contribution in [3.63, 3.8) is 0 Å². The van der Waals surface area contributed by atoms with E-state index in [0.29, 0.717) is 11.6 Å². The van der Waals surface area contributed by atoms with Gasteiger partial charge in [0.2, 0.25) is 0 Å². The molecule has 0 saturated carbocycles. The van der Waals surface area contributed by atoms with E-state index in [0.717, 1.165) is 58.9 Å². The molecule has 0 radical (unpaired) electrons. The molecule has 1 aliphatic heterocycles. The van der Waals surface area contributed by atoms with Gasteiger partial charge in [-0.25, -0.2) is 9.97 Å². The Morgan fingerprint density at radius 1 is 1.19 bits per heavy atom. The van der Waals surface area contributed by atoms with E-state index >= 15 is 0 Å². The Morgan fingerprint density at radius 3 is 2.88 bits per heavy atom. The Morgan fingerprint density at radius 2 is 2.04 bits per heavy atom. The molecule has 0 spiro atoms. The molecule has 1 N–H and O–H groups in total. The smallest absolute Gasteiger partial charge is 0.133 e. The van der Waals surface area contributed by atoms with E-state index in [1.54, 1.807) is 0 Å². The number of benzene rings is 1. The molecule has 0 aliphatic carbocycles. The Hall–Kier alpha value is -1.89. The zero-order chi connectivity index (χ0) is 17.9. The number of morpholine rings is 1. The van der Waals surface area contributed by atoms with Crippen molar-refractivity contribution in [3.8, 4) is 0 Å². The highest BCUT2D eigenvalue weighted by molar-refractivity contribution is 9.10. The minimum absolute atomic E-state index is 0.633. The summed E-state index contributed by atoms with van der Waals surface area (Å²) >= 11 is 9.79. The number of rotatable bonds is 4. The Bertz CT molecular complexity index is 931. The topological polar surface area (TPSA) is 50.3 Å². The fourth-order valence-electron chi connectivity index (χ4n) is 3.07. The SMILES string of the molecule is Clc1cc(Br)cc2ccc(NCc3cccnc3N3CCOCC3)nc12. The van der Waals surface area contributed by atoms with Crippen LogP contribution in [0, 0.1) is 0 Å². The third-order valence-electron chi connectivity index (χ3n) is 4.35. The highest BCUT2D eigenvalue weighted by atomic mass is 79.9. The standard InChI is InChI=1S/C19H18BrClN4O/c20-15-10-13-3-4-17(24-18(13)16(21)11-15)23-12-14-2-1-5-22-19(14)25-6-8-26-9-7-25/h1-5,10-11H,6-9,12H2,(H,23,24). The van der Waals surface area contributed by atoms with Crippen LogP contribution in [0.5, 0.6) is 0 Å². The molecule has 1 saturated heterocycles. The van der Waals surface area contributed by atoms with Crippen molar-refractivity contribution in [2.45, 2.75) is 6.54 Å². The first-order chi connectivity index (χ1) is 12.7. The maximum atomic E-state index is 6.33. The van der Waals surface area contributed by atoms with Crippen LogP contribution in [-0.2, 0) is 11.3 Å². The van der Waals surface area contributed by atoms with Crippen LogP contribution in [0.2, 0.25) is 5.02 Å². The number of fused-ring (bicyclic) bond motifs is 1. The summed E-state index contributed by atoms with van der Waals surface area (Å²) in [6, 6.07) is 11.9. The summed E-state index contributed by atoms with van der Waals surface area (Å²) in [6.07, 6.45) is 1.83. The normalized spacial score (nSPS) is 14.6. The minimum Gasteiger partial charge on any atom is -0.378 e. The average Bonchev–Trinajstić information content (AvgIpc) is 2.67. The van der Waals surface area contributed by atoms with Gasteiger partial charge in [-0.05, 0) is 30.3 Å². The number of aromatic nitrogens is 2. The van der Waals surface area contributed by atoms with Crippen molar-refractivity contribution in [1.29, 1.82) is 0 Å². The van der Waals surface area contributed by atoms with Crippen LogP contribution in [0.1, 0.15) is 5.56 Å². The van der Waals surface area contributed by atoms with Crippen LogP contribution in [0.3, 0.4) is 0 Å². The number of hydrogen-bond donors (Lipinski definition) is 1. The molecular formula is C19H18BrClN4O. The molecule has 134 valence electrons. The van der Waals surface area contributed by atoms with E-state index < -0.39 is 0 Å². The van der Waals surface area contributed by atoms with Gasteiger partial charge in [0.25, 0.3) is 0 Å². The van der Waals surface area contributed by atoms with Crippen molar-refractivity contribution in [3.05, 3.63) is 57.7 Å². The van der Waals surface area contributed by atoms with Gasteiger partial charge in [0, 0.05) is 41.3 Å². The van der Waals surface area contributed by atoms with Gasteiger partial charge in [-0.1, -0.05) is 33.6 Å². The van der Waals surface area contributed by atoms with Crippen LogP contribution in [0.25, 0.3) is 10.9 Å². The summed E-state index contributed by atoms with van der Waals surface area (Å²) < 4.78 is 6.39. The molecule has 0 amide bonds. The summed E-state index contributed by atoms with van der Waals surface area (Å²) in [5, 5.41) is 5.03. The van der Waals surface area contributed by atoms with Crippen LogP contribution < -0.4 is 10.2 Å². The number of ether oxygens (including phenoxy) is 1. The number of anilines is 2. The lowest BCUT2D eigenvalue weighted by atomic mass is 10.2. The summed E-state index contributed by atoms with van der Waals surface area (Å²) in [6.45, 7) is 3.85. The Labute approximate surface area is 165 Å². The van der Waals surface area contributed by atoms with Crippen LogP contribution in [0.15, 0.2) is 47.1 Å². The van der Waals surface area contributed by atoms with E-state index in [-0.39, 0.29) is 0 Å². The quantitative estimate of drug-likeness (QED) is 0.657. The van der Waals surface area contributed by atoms with Gasteiger partial charge in [0.05, 0.1) is 23.8 Å². The zero-order valence-electron chi connectivity index (χ0n) is 14.1. The second kappa shape index (κ2) is 7.78. The lowest BCUT2D eigenvalue weighted by Crippen LogP contribution is -2.37. The van der Waals surface area contributed by atoms with Crippen molar-refractivity contribution < 1.29 is 4.74 Å². The second-order valence-corrected chi connectivity index (χ2v) is 7.42. The van der Waals surface area contributed by atoms with Gasteiger partial charge in [-0.15, -0.1) is 0 Å². The van der Waals surface area contributed by atoms with Crippen LogP contribution in [0.4, 0.5) is 11.6 Å². The van der Waals surface area contributed by atoms with Crippen molar-refractivity contribution >= 4 is 50.1 Å². The number of hydrogen-bond acceptors (Lipinski definition) is 5. The molecule has 0 atom stereocenters. The summed E-state index contributed by atoms with van der Waals surface area (Å²) in [5.74, 6) is 1.80. The molecule has 0 bridgehead atoms. The van der Waals surface area contributed by atoms with Crippen molar-refractivity contribution in [2.75, 3.05) is 36.5 Å². The maximum absolute atomic E-state index is 6.33. The van der Waals surface area contributed by atoms with E-state index in [1.165, 1.54) is 0 Å². The first-order valence-corrected chi connectivity index (χ1v) is 9.64. The minimum atomic E-state index is 0.633. The zero-order valence-corrected chi connectivity index (χ0v) is 16.4. The first-order valence-electron chi connectivity index (χ1n) is 8.47. The highest BCUT2D eigenvalue weighted by Gasteiger charge is 2.15. The average molecular weight is 434 g/mol. The third kappa shape index (κ3) is 3.77. The van der Waals surface area contributed by atoms with Gasteiger partial charge in [0.15, 0.2) is 0 Å². The third-order valence-corrected chi connectivity index (χ3v) is 5.09. The molecule has 0 unspecified atom stereocenters. The van der Waals surface area contributed by atoms with E-state index in [9.17, 15) is 0 Å². The second-order valence-electron chi connectivity index (χ2n) is 6.09. The summed E-state index contributed by atoms with van der Waals surface area (Å²) in [4.78, 5) is 11.5. The lowest BCUT2D eigenvalue weighted by molar-refractivity contribution is 0.122. The van der Waals surface area contributed by atoms with E-state index in [2.05, 4.69) is 42.2 Å². The fourth-order valence-corrected chi connectivity index (χ4v) is 3.95. The lowest BCUT2D eigenvalue weighted by Gasteiger charge is -2.29. The number of nitrogens with zero attached hydrogens (tertiary/aromatic N) is 3. The molecule has 4 rings (SSSR count). The predicted molar refractivity (Wildman–Crippen MR) is 109 cm³/mol. The van der Waals surface area contributed by atoms with E-state index in [1.807, 2.05) is 36.5 Å². The number of nitrogens with one attached hydrogen (secondary N) is 1. The number of halogens is 2. The maximum Gasteiger partial charge on any atom is 0.133 e. The first kappa shape index (κ1) is 17.5. The molecule has 3 aromatic rings. The van der Waals surface area contributed by atoms with Crippen LogP contribution >= 0.6 is 27.5 Å². The molecule has 7 heteroatoms. The van der Waals surface area contributed by atoms with Crippen molar-refractivity contribution in [2.24, 2.45) is 0 Å². The predicted octanol–water partition coefficient (Wildman–Crippen LogP) is 4.49. The largest absolute Gasteiger partial charge is 0.378 e. The Balaban J connectivity index is 1.55. The van der Waals surface area contributed by atoms with Gasteiger partial charge < -0.3 is 15.0 Å².